The van der Waals surface area contributed by atoms with E-state index in [1.807, 2.05) is 30.3 Å². The van der Waals surface area contributed by atoms with E-state index in [-0.39, 0.29) is 12.0 Å². The van der Waals surface area contributed by atoms with Gasteiger partial charge < -0.3 is 11.1 Å². The van der Waals surface area contributed by atoms with Gasteiger partial charge in [0.05, 0.1) is 6.04 Å². The number of nitrogens with two attached hydrogens (primary N) is 1. The molecule has 30 heavy (non-hydrogen) atoms. The number of rotatable bonds is 6. The van der Waals surface area contributed by atoms with Crippen molar-refractivity contribution in [3.05, 3.63) is 72.1 Å². The van der Waals surface area contributed by atoms with E-state index in [0.29, 0.717) is 11.8 Å². The van der Waals surface area contributed by atoms with Gasteiger partial charge in [-0.25, -0.2) is 0 Å². The fourth-order valence-electron chi connectivity index (χ4n) is 3.84. The minimum atomic E-state index is 0.0725. The molecule has 1 aliphatic heterocycles. The minimum absolute atomic E-state index is 0.0725. The summed E-state index contributed by atoms with van der Waals surface area (Å²) >= 11 is 0. The lowest BCUT2D eigenvalue weighted by atomic mass is 10.2. The maximum atomic E-state index is 5.99. The number of nitrogens with zero attached hydrogens (tertiary/aromatic N) is 5. The number of nitrogen functional groups attached to an aromatic ring is 1. The largest absolute Gasteiger partial charge is 0.368 e. The van der Waals surface area contributed by atoms with E-state index >= 15 is 0 Å². The van der Waals surface area contributed by atoms with E-state index in [4.69, 9.17) is 5.73 Å². The molecule has 1 unspecified atom stereocenters. The first-order valence-electron chi connectivity index (χ1n) is 10.5. The molecule has 0 amide bonds. The topological polar surface area (TPSA) is 83.2 Å². The van der Waals surface area contributed by atoms with Crippen LogP contribution in [-0.2, 0) is 6.54 Å². The predicted molar refractivity (Wildman–Crippen MR) is 120 cm³/mol. The van der Waals surface area contributed by atoms with Crippen LogP contribution in [0.25, 0.3) is 0 Å². The SMILES string of the molecule is CC(c1nc(N)nc(Nc2ccccc2)n1)N1CCCN(Cc2ccccc2)CC1. The Bertz CT molecular complexity index is 933. The molecule has 1 fully saturated rings. The highest BCUT2D eigenvalue weighted by Crippen LogP contribution is 2.22. The first-order chi connectivity index (χ1) is 14.7. The van der Waals surface area contributed by atoms with Crippen molar-refractivity contribution in [1.29, 1.82) is 0 Å². The van der Waals surface area contributed by atoms with Crippen molar-refractivity contribution in [3.63, 3.8) is 0 Å². The standard InChI is InChI=1S/C23H29N7/c1-18(21-26-22(24)28-23(27-21)25-20-11-6-3-7-12-20)30-14-8-13-29(15-16-30)17-19-9-4-2-5-10-19/h2-7,9-12,18H,8,13-17H2,1H3,(H3,24,25,26,27,28). The van der Waals surface area contributed by atoms with Gasteiger partial charge in [0, 0.05) is 31.9 Å². The van der Waals surface area contributed by atoms with Crippen LogP contribution < -0.4 is 11.1 Å². The summed E-state index contributed by atoms with van der Waals surface area (Å²) in [6, 6.07) is 20.6. The van der Waals surface area contributed by atoms with Gasteiger partial charge >= 0.3 is 0 Å². The van der Waals surface area contributed by atoms with Crippen molar-refractivity contribution in [2.75, 3.05) is 37.2 Å². The molecule has 3 N–H and O–H groups in total. The zero-order chi connectivity index (χ0) is 20.8. The van der Waals surface area contributed by atoms with Gasteiger partial charge in [-0.2, -0.15) is 15.0 Å². The summed E-state index contributed by atoms with van der Waals surface area (Å²) < 4.78 is 0. The van der Waals surface area contributed by atoms with Crippen molar-refractivity contribution < 1.29 is 0 Å². The molecule has 0 bridgehead atoms. The van der Waals surface area contributed by atoms with E-state index in [1.54, 1.807) is 0 Å². The molecule has 1 aliphatic rings. The van der Waals surface area contributed by atoms with Gasteiger partial charge in [-0.15, -0.1) is 0 Å². The van der Waals surface area contributed by atoms with Crippen LogP contribution in [-0.4, -0.2) is 50.9 Å². The smallest absolute Gasteiger partial charge is 0.232 e. The first kappa shape index (κ1) is 20.3. The monoisotopic (exact) mass is 403 g/mol. The molecule has 4 rings (SSSR count). The van der Waals surface area contributed by atoms with Crippen molar-refractivity contribution in [3.8, 4) is 0 Å². The molecular weight excluding hydrogens is 374 g/mol. The van der Waals surface area contributed by atoms with E-state index in [1.165, 1.54) is 5.56 Å². The number of benzene rings is 2. The van der Waals surface area contributed by atoms with Gasteiger partial charge in [0.1, 0.15) is 0 Å². The molecular formula is C23H29N7. The number of para-hydroxylation sites is 1. The summed E-state index contributed by atoms with van der Waals surface area (Å²) in [5.74, 6) is 1.43. The zero-order valence-corrected chi connectivity index (χ0v) is 17.4. The van der Waals surface area contributed by atoms with Crippen LogP contribution in [0.2, 0.25) is 0 Å². The van der Waals surface area contributed by atoms with Crippen LogP contribution >= 0.6 is 0 Å². The minimum Gasteiger partial charge on any atom is -0.368 e. The highest BCUT2D eigenvalue weighted by molar-refractivity contribution is 5.53. The van der Waals surface area contributed by atoms with Crippen molar-refractivity contribution in [1.82, 2.24) is 24.8 Å². The molecule has 0 saturated carbocycles. The highest BCUT2D eigenvalue weighted by Gasteiger charge is 2.23. The molecule has 7 nitrogen and oxygen atoms in total. The van der Waals surface area contributed by atoms with Crippen LogP contribution in [0, 0.1) is 0 Å². The fourth-order valence-corrected chi connectivity index (χ4v) is 3.84. The maximum Gasteiger partial charge on any atom is 0.232 e. The Morgan fingerprint density at radius 2 is 1.63 bits per heavy atom. The Morgan fingerprint density at radius 3 is 2.40 bits per heavy atom. The third-order valence-electron chi connectivity index (χ3n) is 5.49. The van der Waals surface area contributed by atoms with E-state index in [0.717, 1.165) is 44.8 Å². The highest BCUT2D eigenvalue weighted by atomic mass is 15.3. The lowest BCUT2D eigenvalue weighted by Gasteiger charge is -2.27. The van der Waals surface area contributed by atoms with Crippen LogP contribution in [0.4, 0.5) is 17.6 Å². The predicted octanol–water partition coefficient (Wildman–Crippen LogP) is 3.47. The summed E-state index contributed by atoms with van der Waals surface area (Å²) in [7, 11) is 0. The molecule has 0 spiro atoms. The Morgan fingerprint density at radius 1 is 0.900 bits per heavy atom. The van der Waals surface area contributed by atoms with Crippen LogP contribution in [0.5, 0.6) is 0 Å². The molecule has 1 atom stereocenters. The summed E-state index contributed by atoms with van der Waals surface area (Å²) in [5, 5.41) is 3.22. The van der Waals surface area contributed by atoms with Crippen molar-refractivity contribution in [2.24, 2.45) is 0 Å². The van der Waals surface area contributed by atoms with Gasteiger partial charge in [-0.05, 0) is 37.6 Å². The second-order valence-electron chi connectivity index (χ2n) is 7.69. The second kappa shape index (κ2) is 9.65. The number of hydrogen-bond donors (Lipinski definition) is 2. The Labute approximate surface area is 178 Å². The first-order valence-corrected chi connectivity index (χ1v) is 10.5. The van der Waals surface area contributed by atoms with Crippen LogP contribution in [0.3, 0.4) is 0 Å². The molecule has 1 aromatic heterocycles. The van der Waals surface area contributed by atoms with Gasteiger partial charge in [0.15, 0.2) is 5.82 Å². The third kappa shape index (κ3) is 5.31. The molecule has 0 aliphatic carbocycles. The summed E-state index contributed by atoms with van der Waals surface area (Å²) in [4.78, 5) is 18.3. The van der Waals surface area contributed by atoms with Crippen molar-refractivity contribution in [2.45, 2.75) is 25.9 Å². The average Bonchev–Trinajstić information content (AvgIpc) is 3.00. The van der Waals surface area contributed by atoms with Crippen LogP contribution in [0.1, 0.15) is 30.8 Å². The van der Waals surface area contributed by atoms with Gasteiger partial charge in [0.25, 0.3) is 0 Å². The lowest BCUT2D eigenvalue weighted by Crippen LogP contribution is -2.33. The summed E-state index contributed by atoms with van der Waals surface area (Å²) in [5.41, 5.74) is 8.28. The van der Waals surface area contributed by atoms with Gasteiger partial charge in [0.2, 0.25) is 11.9 Å². The molecule has 0 radical (unpaired) electrons. The Hall–Kier alpha value is -3.03. The van der Waals surface area contributed by atoms with Gasteiger partial charge in [-0.1, -0.05) is 48.5 Å². The van der Waals surface area contributed by atoms with Crippen LogP contribution in [0.15, 0.2) is 60.7 Å². The number of aromatic nitrogens is 3. The number of nitrogens with one attached hydrogen (secondary N) is 1. The molecule has 156 valence electrons. The average molecular weight is 404 g/mol. The Kier molecular flexibility index (Phi) is 6.51. The summed E-state index contributed by atoms with van der Waals surface area (Å²) in [6.45, 7) is 7.24. The number of anilines is 3. The van der Waals surface area contributed by atoms with Gasteiger partial charge in [-0.3, -0.25) is 9.80 Å². The lowest BCUT2D eigenvalue weighted by molar-refractivity contribution is 0.202. The Balaban J connectivity index is 1.42. The molecule has 1 saturated heterocycles. The molecule has 3 aromatic rings. The van der Waals surface area contributed by atoms with E-state index in [9.17, 15) is 0 Å². The molecule has 2 heterocycles. The van der Waals surface area contributed by atoms with E-state index in [2.05, 4.69) is 67.3 Å². The maximum absolute atomic E-state index is 5.99. The molecule has 2 aromatic carbocycles. The fraction of sp³-hybridized carbons (Fsp3) is 0.348. The molecule has 7 heteroatoms. The van der Waals surface area contributed by atoms with E-state index < -0.39 is 0 Å². The van der Waals surface area contributed by atoms with Crippen molar-refractivity contribution >= 4 is 17.6 Å². The zero-order valence-electron chi connectivity index (χ0n) is 17.4. The normalized spacial score (nSPS) is 16.7. The third-order valence-corrected chi connectivity index (χ3v) is 5.49. The second-order valence-corrected chi connectivity index (χ2v) is 7.69. The summed E-state index contributed by atoms with van der Waals surface area (Å²) in [6.07, 6.45) is 1.12. The number of hydrogen-bond acceptors (Lipinski definition) is 7. The quantitative estimate of drug-likeness (QED) is 0.652.